The predicted octanol–water partition coefficient (Wildman–Crippen LogP) is 0.675. The maximum absolute atomic E-state index is 11.0. The Morgan fingerprint density at radius 1 is 1.44 bits per heavy atom. The molecule has 0 amide bonds. The number of nitrogens with one attached hydrogen (secondary N) is 1. The Morgan fingerprint density at radius 3 is 2.69 bits per heavy atom. The molecule has 1 aromatic heterocycles. The molecule has 1 heterocycles. The summed E-state index contributed by atoms with van der Waals surface area (Å²) < 4.78 is 27.3. The first-order valence-corrected chi connectivity index (χ1v) is 7.22. The average Bonchev–Trinajstić information content (AvgIpc) is 2.59. The van der Waals surface area contributed by atoms with E-state index in [1.807, 2.05) is 6.92 Å². The first kappa shape index (κ1) is 13.1. The lowest BCUT2D eigenvalue weighted by molar-refractivity contribution is 0.399. The summed E-state index contributed by atoms with van der Waals surface area (Å²) in [5.41, 5.74) is 0. The molecule has 0 aromatic carbocycles. The largest absolute Gasteiger partial charge is 0.422 e. The van der Waals surface area contributed by atoms with E-state index in [4.69, 9.17) is 4.42 Å². The lowest BCUT2D eigenvalue weighted by Crippen LogP contribution is -2.19. The quantitative estimate of drug-likeness (QED) is 0.795. The molecule has 6 nitrogen and oxygen atoms in total. The highest BCUT2D eigenvalue weighted by Crippen LogP contribution is 2.11. The van der Waals surface area contributed by atoms with Crippen molar-refractivity contribution < 1.29 is 12.8 Å². The van der Waals surface area contributed by atoms with Crippen LogP contribution in [0.15, 0.2) is 4.42 Å². The van der Waals surface area contributed by atoms with Gasteiger partial charge < -0.3 is 9.73 Å². The van der Waals surface area contributed by atoms with Crippen LogP contribution in [-0.4, -0.2) is 31.4 Å². The molecular formula is C9H17N3O3S. The van der Waals surface area contributed by atoms with Crippen LogP contribution in [0, 0.1) is 0 Å². The van der Waals surface area contributed by atoms with Crippen LogP contribution in [-0.2, 0) is 15.6 Å². The second-order valence-corrected chi connectivity index (χ2v) is 5.92. The summed E-state index contributed by atoms with van der Waals surface area (Å²) in [6.45, 7) is 4.81. The zero-order valence-corrected chi connectivity index (χ0v) is 10.5. The van der Waals surface area contributed by atoms with Crippen LogP contribution in [0.1, 0.15) is 38.1 Å². The van der Waals surface area contributed by atoms with Crippen molar-refractivity contribution in [3.8, 4) is 0 Å². The molecule has 0 saturated carbocycles. The Balaban J connectivity index is 2.64. The van der Waals surface area contributed by atoms with E-state index in [1.165, 1.54) is 0 Å². The summed E-state index contributed by atoms with van der Waals surface area (Å²) in [5, 5.41) is 10.7. The van der Waals surface area contributed by atoms with Gasteiger partial charge in [-0.05, 0) is 19.9 Å². The second-order valence-electron chi connectivity index (χ2n) is 3.78. The van der Waals surface area contributed by atoms with Crippen LogP contribution >= 0.6 is 0 Å². The number of rotatable bonds is 6. The first-order valence-electron chi connectivity index (χ1n) is 5.15. The standard InChI is InChI=1S/C9H17N3O3S/c1-4-5-10-7(2)9-12-11-8(15-9)6-16(3,13)14/h7,10H,4-6H2,1-3H3. The van der Waals surface area contributed by atoms with Crippen molar-refractivity contribution in [3.63, 3.8) is 0 Å². The van der Waals surface area contributed by atoms with E-state index in [0.29, 0.717) is 5.89 Å². The van der Waals surface area contributed by atoms with Gasteiger partial charge in [0.2, 0.25) is 11.8 Å². The molecule has 1 aromatic rings. The third-order valence-corrected chi connectivity index (χ3v) is 2.71. The molecule has 0 fully saturated rings. The predicted molar refractivity (Wildman–Crippen MR) is 59.6 cm³/mol. The molecule has 7 heteroatoms. The monoisotopic (exact) mass is 247 g/mol. The highest BCUT2D eigenvalue weighted by atomic mass is 32.2. The normalized spacial score (nSPS) is 13.9. The van der Waals surface area contributed by atoms with Gasteiger partial charge in [0.05, 0.1) is 6.04 Å². The topological polar surface area (TPSA) is 85.1 Å². The summed E-state index contributed by atoms with van der Waals surface area (Å²) in [7, 11) is -3.12. The summed E-state index contributed by atoms with van der Waals surface area (Å²) in [5.74, 6) is 0.357. The van der Waals surface area contributed by atoms with E-state index in [9.17, 15) is 8.42 Å². The van der Waals surface area contributed by atoms with E-state index in [-0.39, 0.29) is 17.7 Å². The van der Waals surface area contributed by atoms with Crippen LogP contribution < -0.4 is 5.32 Å². The lowest BCUT2D eigenvalue weighted by atomic mass is 10.3. The second kappa shape index (κ2) is 5.40. The number of nitrogens with zero attached hydrogens (tertiary/aromatic N) is 2. The zero-order valence-electron chi connectivity index (χ0n) is 9.73. The number of aromatic nitrogens is 2. The van der Waals surface area contributed by atoms with Crippen LogP contribution in [0.3, 0.4) is 0 Å². The van der Waals surface area contributed by atoms with Crippen molar-refractivity contribution in [2.24, 2.45) is 0 Å². The summed E-state index contributed by atoms with van der Waals surface area (Å²) in [4.78, 5) is 0. The Labute approximate surface area is 95.4 Å². The molecule has 16 heavy (non-hydrogen) atoms. The van der Waals surface area contributed by atoms with E-state index in [1.54, 1.807) is 0 Å². The van der Waals surface area contributed by atoms with Crippen molar-refractivity contribution >= 4 is 9.84 Å². The van der Waals surface area contributed by atoms with Gasteiger partial charge in [0.15, 0.2) is 9.84 Å². The van der Waals surface area contributed by atoms with Crippen LogP contribution in [0.2, 0.25) is 0 Å². The van der Waals surface area contributed by atoms with Crippen molar-refractivity contribution in [1.29, 1.82) is 0 Å². The summed E-state index contributed by atoms with van der Waals surface area (Å²) in [6, 6.07) is -0.0549. The molecule has 0 spiro atoms. The fourth-order valence-electron chi connectivity index (χ4n) is 1.17. The molecule has 1 unspecified atom stereocenters. The molecule has 0 aliphatic carbocycles. The van der Waals surface area contributed by atoms with Crippen molar-refractivity contribution in [2.75, 3.05) is 12.8 Å². The molecule has 0 radical (unpaired) electrons. The third kappa shape index (κ3) is 4.28. The van der Waals surface area contributed by atoms with Gasteiger partial charge in [0.1, 0.15) is 5.75 Å². The fourth-order valence-corrected chi connectivity index (χ4v) is 1.74. The van der Waals surface area contributed by atoms with Gasteiger partial charge in [-0.15, -0.1) is 10.2 Å². The highest BCUT2D eigenvalue weighted by Gasteiger charge is 2.15. The van der Waals surface area contributed by atoms with Gasteiger partial charge in [0, 0.05) is 6.26 Å². The van der Waals surface area contributed by atoms with Gasteiger partial charge in [-0.3, -0.25) is 0 Å². The van der Waals surface area contributed by atoms with Crippen molar-refractivity contribution in [3.05, 3.63) is 11.8 Å². The van der Waals surface area contributed by atoms with Crippen molar-refractivity contribution in [1.82, 2.24) is 15.5 Å². The van der Waals surface area contributed by atoms with E-state index >= 15 is 0 Å². The van der Waals surface area contributed by atoms with Crippen LogP contribution in [0.4, 0.5) is 0 Å². The maximum Gasteiger partial charge on any atom is 0.233 e. The number of hydrogen-bond donors (Lipinski definition) is 1. The molecule has 0 aliphatic heterocycles. The van der Waals surface area contributed by atoms with Gasteiger partial charge in [0.25, 0.3) is 0 Å². The highest BCUT2D eigenvalue weighted by molar-refractivity contribution is 7.89. The molecule has 92 valence electrons. The molecule has 1 N–H and O–H groups in total. The molecular weight excluding hydrogens is 230 g/mol. The minimum absolute atomic E-state index is 0.0549. The molecule has 1 atom stereocenters. The molecule has 0 saturated heterocycles. The minimum atomic E-state index is -3.12. The molecule has 0 aliphatic rings. The van der Waals surface area contributed by atoms with Crippen molar-refractivity contribution in [2.45, 2.75) is 32.1 Å². The third-order valence-electron chi connectivity index (χ3n) is 1.94. The SMILES string of the molecule is CCCNC(C)c1nnc(CS(C)(=O)=O)o1. The Hall–Kier alpha value is -0.950. The van der Waals surface area contributed by atoms with E-state index < -0.39 is 9.84 Å². The summed E-state index contributed by atoms with van der Waals surface area (Å²) in [6.07, 6.45) is 2.14. The fraction of sp³-hybridized carbons (Fsp3) is 0.778. The molecule has 1 rings (SSSR count). The zero-order chi connectivity index (χ0) is 12.2. The van der Waals surface area contributed by atoms with E-state index in [0.717, 1.165) is 19.2 Å². The first-order chi connectivity index (χ1) is 7.42. The Kier molecular flexibility index (Phi) is 4.43. The van der Waals surface area contributed by atoms with Crippen LogP contribution in [0.5, 0.6) is 0 Å². The smallest absolute Gasteiger partial charge is 0.233 e. The minimum Gasteiger partial charge on any atom is -0.422 e. The van der Waals surface area contributed by atoms with Crippen LogP contribution in [0.25, 0.3) is 0 Å². The number of hydrogen-bond acceptors (Lipinski definition) is 6. The number of sulfone groups is 1. The van der Waals surface area contributed by atoms with Gasteiger partial charge >= 0.3 is 0 Å². The lowest BCUT2D eigenvalue weighted by Gasteiger charge is -2.07. The van der Waals surface area contributed by atoms with E-state index in [2.05, 4.69) is 22.4 Å². The summed E-state index contributed by atoms with van der Waals surface area (Å²) >= 11 is 0. The Bertz CT molecular complexity index is 427. The van der Waals surface area contributed by atoms with Gasteiger partial charge in [-0.25, -0.2) is 8.42 Å². The maximum atomic E-state index is 11.0. The van der Waals surface area contributed by atoms with Gasteiger partial charge in [-0.1, -0.05) is 6.92 Å². The van der Waals surface area contributed by atoms with Gasteiger partial charge in [-0.2, -0.15) is 0 Å². The Morgan fingerprint density at radius 2 is 2.12 bits per heavy atom. The average molecular weight is 247 g/mol. The molecule has 0 bridgehead atoms.